The van der Waals surface area contributed by atoms with Gasteiger partial charge in [0.2, 0.25) is 0 Å². The molecule has 1 aromatic rings. The summed E-state index contributed by atoms with van der Waals surface area (Å²) in [4.78, 5) is 0. The summed E-state index contributed by atoms with van der Waals surface area (Å²) in [6, 6.07) is 8.76. The van der Waals surface area contributed by atoms with Crippen molar-refractivity contribution in [1.29, 1.82) is 0 Å². The molecule has 0 heterocycles. The highest BCUT2D eigenvalue weighted by Gasteiger charge is 2.00. The van der Waals surface area contributed by atoms with E-state index in [1.165, 1.54) is 17.5 Å². The fourth-order valence-corrected chi connectivity index (χ4v) is 1.61. The highest BCUT2D eigenvalue weighted by atomic mass is 32.2. The van der Waals surface area contributed by atoms with Gasteiger partial charge < -0.3 is 0 Å². The third-order valence-electron chi connectivity index (χ3n) is 2.01. The van der Waals surface area contributed by atoms with Crippen LogP contribution in [0.5, 0.6) is 0 Å². The van der Waals surface area contributed by atoms with Gasteiger partial charge >= 0.3 is 0 Å². The summed E-state index contributed by atoms with van der Waals surface area (Å²) in [6.07, 6.45) is 3.35. The summed E-state index contributed by atoms with van der Waals surface area (Å²) in [7, 11) is 0. The SMILES string of the molecule is CSC(C)Cc1cccc(C)c1. The number of rotatable bonds is 3. The Bertz CT molecular complexity index is 243. The van der Waals surface area contributed by atoms with Gasteiger partial charge in [0.1, 0.15) is 0 Å². The molecule has 0 aliphatic heterocycles. The molecule has 0 aliphatic carbocycles. The number of hydrogen-bond donors (Lipinski definition) is 0. The highest BCUT2D eigenvalue weighted by molar-refractivity contribution is 7.99. The molecule has 0 aliphatic rings. The first-order valence-corrected chi connectivity index (χ1v) is 5.59. The van der Waals surface area contributed by atoms with Gasteiger partial charge in [0.25, 0.3) is 0 Å². The van der Waals surface area contributed by atoms with E-state index < -0.39 is 0 Å². The smallest absolute Gasteiger partial charge is 0.00563 e. The minimum atomic E-state index is 0.729. The number of thioether (sulfide) groups is 1. The van der Waals surface area contributed by atoms with Gasteiger partial charge in [-0.25, -0.2) is 0 Å². The van der Waals surface area contributed by atoms with Crippen molar-refractivity contribution < 1.29 is 0 Å². The van der Waals surface area contributed by atoms with Crippen molar-refractivity contribution in [2.24, 2.45) is 0 Å². The minimum absolute atomic E-state index is 0.729. The Kier molecular flexibility index (Phi) is 3.67. The first kappa shape index (κ1) is 9.66. The van der Waals surface area contributed by atoms with Gasteiger partial charge in [0, 0.05) is 5.25 Å². The Morgan fingerprint density at radius 1 is 1.42 bits per heavy atom. The van der Waals surface area contributed by atoms with E-state index in [1.54, 1.807) is 0 Å². The summed E-state index contributed by atoms with van der Waals surface area (Å²) < 4.78 is 0. The van der Waals surface area contributed by atoms with Crippen molar-refractivity contribution in [2.75, 3.05) is 6.26 Å². The predicted octanol–water partition coefficient (Wildman–Crippen LogP) is 3.29. The van der Waals surface area contributed by atoms with Gasteiger partial charge in [-0.1, -0.05) is 36.8 Å². The first-order valence-electron chi connectivity index (χ1n) is 4.30. The molecule has 0 saturated carbocycles. The summed E-state index contributed by atoms with van der Waals surface area (Å²) >= 11 is 1.93. The molecular weight excluding hydrogens is 164 g/mol. The molecule has 0 aromatic heterocycles. The molecule has 66 valence electrons. The molecule has 0 radical (unpaired) electrons. The molecule has 12 heavy (non-hydrogen) atoms. The summed E-state index contributed by atoms with van der Waals surface area (Å²) in [5.74, 6) is 0. The van der Waals surface area contributed by atoms with Crippen molar-refractivity contribution in [3.8, 4) is 0 Å². The molecule has 0 spiro atoms. The predicted molar refractivity (Wildman–Crippen MR) is 57.9 cm³/mol. The Morgan fingerprint density at radius 2 is 2.17 bits per heavy atom. The molecule has 1 aromatic carbocycles. The zero-order valence-electron chi connectivity index (χ0n) is 8.00. The second-order valence-corrected chi connectivity index (χ2v) is 4.52. The van der Waals surface area contributed by atoms with Crippen LogP contribution in [0.1, 0.15) is 18.1 Å². The molecule has 0 amide bonds. The Labute approximate surface area is 79.4 Å². The first-order chi connectivity index (χ1) is 5.72. The fourth-order valence-electron chi connectivity index (χ4n) is 1.25. The lowest BCUT2D eigenvalue weighted by atomic mass is 10.1. The van der Waals surface area contributed by atoms with Crippen molar-refractivity contribution in [1.82, 2.24) is 0 Å². The lowest BCUT2D eigenvalue weighted by Gasteiger charge is -2.07. The second kappa shape index (κ2) is 4.56. The lowest BCUT2D eigenvalue weighted by Crippen LogP contribution is -2.00. The highest BCUT2D eigenvalue weighted by Crippen LogP contribution is 2.13. The average molecular weight is 180 g/mol. The molecule has 1 rings (SSSR count). The van der Waals surface area contributed by atoms with Crippen LogP contribution in [-0.2, 0) is 6.42 Å². The van der Waals surface area contributed by atoms with Crippen LogP contribution < -0.4 is 0 Å². The largest absolute Gasteiger partial charge is 0.162 e. The third-order valence-corrected chi connectivity index (χ3v) is 2.98. The maximum Gasteiger partial charge on any atom is 0.00563 e. The molecule has 1 unspecified atom stereocenters. The molecular formula is C11H16S. The average Bonchev–Trinajstić information content (AvgIpc) is 2.04. The standard InChI is InChI=1S/C11H16S/c1-9-5-4-6-11(7-9)8-10(2)12-3/h4-7,10H,8H2,1-3H3. The van der Waals surface area contributed by atoms with Gasteiger partial charge in [-0.05, 0) is 25.2 Å². The molecule has 0 saturated heterocycles. The fraction of sp³-hybridized carbons (Fsp3) is 0.455. The van der Waals surface area contributed by atoms with E-state index in [9.17, 15) is 0 Å². The van der Waals surface area contributed by atoms with Crippen LogP contribution >= 0.6 is 11.8 Å². The molecule has 1 heteroatoms. The van der Waals surface area contributed by atoms with Gasteiger partial charge in [-0.15, -0.1) is 0 Å². The van der Waals surface area contributed by atoms with E-state index in [-0.39, 0.29) is 0 Å². The van der Waals surface area contributed by atoms with Crippen LogP contribution in [0.2, 0.25) is 0 Å². The lowest BCUT2D eigenvalue weighted by molar-refractivity contribution is 0.944. The normalized spacial score (nSPS) is 12.9. The van der Waals surface area contributed by atoms with Crippen LogP contribution in [0.15, 0.2) is 24.3 Å². The van der Waals surface area contributed by atoms with E-state index in [4.69, 9.17) is 0 Å². The van der Waals surface area contributed by atoms with E-state index in [0.29, 0.717) is 0 Å². The van der Waals surface area contributed by atoms with Gasteiger partial charge in [0.05, 0.1) is 0 Å². The second-order valence-electron chi connectivity index (χ2n) is 3.24. The number of aryl methyl sites for hydroxylation is 1. The van der Waals surface area contributed by atoms with Crippen molar-refractivity contribution in [3.05, 3.63) is 35.4 Å². The van der Waals surface area contributed by atoms with Crippen LogP contribution in [0.25, 0.3) is 0 Å². The summed E-state index contributed by atoms with van der Waals surface area (Å²) in [5.41, 5.74) is 2.82. The molecule has 0 fully saturated rings. The third kappa shape index (κ3) is 2.90. The monoisotopic (exact) mass is 180 g/mol. The van der Waals surface area contributed by atoms with Crippen molar-refractivity contribution in [3.63, 3.8) is 0 Å². The number of benzene rings is 1. The van der Waals surface area contributed by atoms with E-state index in [2.05, 4.69) is 44.4 Å². The van der Waals surface area contributed by atoms with Gasteiger partial charge in [-0.3, -0.25) is 0 Å². The quantitative estimate of drug-likeness (QED) is 0.688. The van der Waals surface area contributed by atoms with E-state index in [1.807, 2.05) is 11.8 Å². The van der Waals surface area contributed by atoms with Gasteiger partial charge in [-0.2, -0.15) is 11.8 Å². The Balaban J connectivity index is 2.63. The van der Waals surface area contributed by atoms with Gasteiger partial charge in [0.15, 0.2) is 0 Å². The Hall–Kier alpha value is -0.430. The van der Waals surface area contributed by atoms with Crippen molar-refractivity contribution in [2.45, 2.75) is 25.5 Å². The number of hydrogen-bond acceptors (Lipinski definition) is 1. The van der Waals surface area contributed by atoms with Crippen LogP contribution in [0.4, 0.5) is 0 Å². The van der Waals surface area contributed by atoms with Crippen LogP contribution in [0, 0.1) is 6.92 Å². The molecule has 0 bridgehead atoms. The van der Waals surface area contributed by atoms with Crippen molar-refractivity contribution >= 4 is 11.8 Å². The zero-order valence-corrected chi connectivity index (χ0v) is 8.82. The van der Waals surface area contributed by atoms with E-state index >= 15 is 0 Å². The van der Waals surface area contributed by atoms with Crippen LogP contribution in [0.3, 0.4) is 0 Å². The molecule has 0 nitrogen and oxygen atoms in total. The summed E-state index contributed by atoms with van der Waals surface area (Å²) in [5, 5.41) is 0.729. The Morgan fingerprint density at radius 3 is 2.75 bits per heavy atom. The topological polar surface area (TPSA) is 0 Å². The minimum Gasteiger partial charge on any atom is -0.162 e. The molecule has 1 atom stereocenters. The molecule has 0 N–H and O–H groups in total. The maximum atomic E-state index is 2.27. The van der Waals surface area contributed by atoms with Crippen LogP contribution in [-0.4, -0.2) is 11.5 Å². The summed E-state index contributed by atoms with van der Waals surface area (Å²) in [6.45, 7) is 4.42. The maximum absolute atomic E-state index is 2.27. The zero-order chi connectivity index (χ0) is 8.97. The van der Waals surface area contributed by atoms with E-state index in [0.717, 1.165) is 5.25 Å².